The average molecular weight is 385 g/mol. The second kappa shape index (κ2) is 6.70. The zero-order valence-corrected chi connectivity index (χ0v) is 14.8. The molecule has 144 valence electrons. The molecule has 0 radical (unpaired) electrons. The molecule has 1 unspecified atom stereocenters. The van der Waals surface area contributed by atoms with Gasteiger partial charge in [0.15, 0.2) is 11.6 Å². The van der Waals surface area contributed by atoms with Crippen molar-refractivity contribution in [2.75, 3.05) is 11.9 Å². The molecule has 1 aliphatic carbocycles. The van der Waals surface area contributed by atoms with Gasteiger partial charge in [-0.1, -0.05) is 24.3 Å². The number of rotatable bonds is 3. The van der Waals surface area contributed by atoms with E-state index < -0.39 is 41.6 Å². The van der Waals surface area contributed by atoms with Gasteiger partial charge >= 0.3 is 6.03 Å². The van der Waals surface area contributed by atoms with E-state index in [1.54, 1.807) is 0 Å². The van der Waals surface area contributed by atoms with E-state index in [-0.39, 0.29) is 5.69 Å². The van der Waals surface area contributed by atoms with Crippen molar-refractivity contribution < 1.29 is 23.2 Å². The number of benzene rings is 2. The number of carbonyl (C=O) groups excluding carboxylic acids is 3. The van der Waals surface area contributed by atoms with Gasteiger partial charge in [-0.2, -0.15) is 0 Å². The molecular weight excluding hydrogens is 368 g/mol. The first-order valence-electron chi connectivity index (χ1n) is 8.84. The highest BCUT2D eigenvalue weighted by molar-refractivity contribution is 6.10. The molecule has 2 aromatic carbocycles. The van der Waals surface area contributed by atoms with E-state index in [9.17, 15) is 23.2 Å². The number of carbonyl (C=O) groups is 3. The van der Waals surface area contributed by atoms with Gasteiger partial charge in [0, 0.05) is 18.2 Å². The lowest BCUT2D eigenvalue weighted by atomic mass is 9.78. The van der Waals surface area contributed by atoms with E-state index in [0.29, 0.717) is 19.3 Å². The van der Waals surface area contributed by atoms with Crippen molar-refractivity contribution >= 4 is 23.5 Å². The molecular formula is C20H17F2N3O3. The lowest BCUT2D eigenvalue weighted by Gasteiger charge is -2.32. The Labute approximate surface area is 159 Å². The smallest absolute Gasteiger partial charge is 0.324 e. The highest BCUT2D eigenvalue weighted by Crippen LogP contribution is 2.33. The first-order chi connectivity index (χ1) is 13.4. The number of amides is 4. The third-order valence-corrected chi connectivity index (χ3v) is 5.18. The van der Waals surface area contributed by atoms with Gasteiger partial charge in [0.25, 0.3) is 5.91 Å². The summed E-state index contributed by atoms with van der Waals surface area (Å²) in [7, 11) is 0. The number of nitrogens with zero attached hydrogens (tertiary/aromatic N) is 1. The first-order valence-corrected chi connectivity index (χ1v) is 8.84. The normalized spacial score (nSPS) is 20.9. The second-order valence-corrected chi connectivity index (χ2v) is 7.03. The maximum atomic E-state index is 13.3. The predicted molar refractivity (Wildman–Crippen MR) is 96.4 cm³/mol. The Bertz CT molecular complexity index is 994. The number of fused-ring (bicyclic) bond motifs is 1. The molecule has 2 aromatic rings. The maximum Gasteiger partial charge on any atom is 0.325 e. The van der Waals surface area contributed by atoms with Crippen molar-refractivity contribution in [2.24, 2.45) is 0 Å². The fourth-order valence-electron chi connectivity index (χ4n) is 3.76. The van der Waals surface area contributed by atoms with Gasteiger partial charge in [-0.3, -0.25) is 14.5 Å². The molecule has 4 amide bonds. The first kappa shape index (κ1) is 18.1. The predicted octanol–water partition coefficient (Wildman–Crippen LogP) is 2.38. The molecule has 1 heterocycles. The molecule has 2 aliphatic rings. The Morgan fingerprint density at radius 2 is 1.86 bits per heavy atom. The quantitative estimate of drug-likeness (QED) is 0.797. The molecule has 6 nitrogen and oxygen atoms in total. The molecule has 1 atom stereocenters. The monoisotopic (exact) mass is 385 g/mol. The maximum absolute atomic E-state index is 13.3. The molecule has 1 saturated heterocycles. The summed E-state index contributed by atoms with van der Waals surface area (Å²) in [6.07, 6.45) is 1.47. The van der Waals surface area contributed by atoms with Crippen LogP contribution in [0.4, 0.5) is 19.3 Å². The average Bonchev–Trinajstić information content (AvgIpc) is 2.88. The van der Waals surface area contributed by atoms with Gasteiger partial charge < -0.3 is 10.6 Å². The van der Waals surface area contributed by atoms with Crippen molar-refractivity contribution in [3.8, 4) is 0 Å². The summed E-state index contributed by atoms with van der Waals surface area (Å²) in [6.45, 7) is -0.507. The number of hydrogen-bond acceptors (Lipinski definition) is 3. The van der Waals surface area contributed by atoms with Crippen molar-refractivity contribution in [1.29, 1.82) is 0 Å². The largest absolute Gasteiger partial charge is 0.325 e. The third kappa shape index (κ3) is 3.11. The summed E-state index contributed by atoms with van der Waals surface area (Å²) in [5, 5.41) is 5.11. The fourth-order valence-corrected chi connectivity index (χ4v) is 3.76. The molecule has 1 fully saturated rings. The van der Waals surface area contributed by atoms with Crippen LogP contribution in [0.5, 0.6) is 0 Å². The number of nitrogens with one attached hydrogen (secondary N) is 2. The summed E-state index contributed by atoms with van der Waals surface area (Å²) in [4.78, 5) is 38.4. The van der Waals surface area contributed by atoms with Crippen LogP contribution in [0.3, 0.4) is 0 Å². The molecule has 0 aromatic heterocycles. The highest BCUT2D eigenvalue weighted by atomic mass is 19.2. The van der Waals surface area contributed by atoms with Crippen LogP contribution in [0.2, 0.25) is 0 Å². The zero-order chi connectivity index (χ0) is 19.9. The molecule has 28 heavy (non-hydrogen) atoms. The number of urea groups is 1. The summed E-state index contributed by atoms with van der Waals surface area (Å²) in [6, 6.07) is 10.0. The summed E-state index contributed by atoms with van der Waals surface area (Å²) in [5.74, 6) is -3.27. The Morgan fingerprint density at radius 1 is 1.11 bits per heavy atom. The second-order valence-electron chi connectivity index (χ2n) is 7.03. The minimum Gasteiger partial charge on any atom is -0.324 e. The van der Waals surface area contributed by atoms with Crippen LogP contribution < -0.4 is 10.6 Å². The van der Waals surface area contributed by atoms with Crippen LogP contribution in [0.15, 0.2) is 42.5 Å². The fraction of sp³-hybridized carbons (Fsp3) is 0.250. The minimum atomic E-state index is -1.10. The van der Waals surface area contributed by atoms with Crippen molar-refractivity contribution in [1.82, 2.24) is 10.2 Å². The van der Waals surface area contributed by atoms with E-state index in [4.69, 9.17) is 0 Å². The Balaban J connectivity index is 1.47. The van der Waals surface area contributed by atoms with Crippen LogP contribution in [0, 0.1) is 11.6 Å². The van der Waals surface area contributed by atoms with E-state index >= 15 is 0 Å². The van der Waals surface area contributed by atoms with Crippen molar-refractivity contribution in [3.63, 3.8) is 0 Å². The number of halogens is 2. The summed E-state index contributed by atoms with van der Waals surface area (Å²) < 4.78 is 26.2. The van der Waals surface area contributed by atoms with Crippen LogP contribution in [-0.2, 0) is 22.4 Å². The van der Waals surface area contributed by atoms with Gasteiger partial charge in [0.1, 0.15) is 12.1 Å². The van der Waals surface area contributed by atoms with Gasteiger partial charge in [0.05, 0.1) is 0 Å². The van der Waals surface area contributed by atoms with E-state index in [1.807, 2.05) is 24.3 Å². The topological polar surface area (TPSA) is 78.5 Å². The van der Waals surface area contributed by atoms with Gasteiger partial charge in [0.2, 0.25) is 5.91 Å². The number of anilines is 1. The van der Waals surface area contributed by atoms with E-state index in [1.165, 1.54) is 6.07 Å². The molecule has 1 spiro atoms. The molecule has 0 bridgehead atoms. The van der Waals surface area contributed by atoms with Gasteiger partial charge in [-0.05, 0) is 36.1 Å². The molecule has 2 N–H and O–H groups in total. The number of aryl methyl sites for hydroxylation is 1. The minimum absolute atomic E-state index is 0.0391. The molecule has 1 aliphatic heterocycles. The Hall–Kier alpha value is -3.29. The van der Waals surface area contributed by atoms with Crippen LogP contribution in [0.1, 0.15) is 17.5 Å². The van der Waals surface area contributed by atoms with E-state index in [2.05, 4.69) is 10.6 Å². The van der Waals surface area contributed by atoms with Crippen molar-refractivity contribution in [2.45, 2.75) is 24.8 Å². The summed E-state index contributed by atoms with van der Waals surface area (Å²) in [5.41, 5.74) is 1.13. The van der Waals surface area contributed by atoms with Crippen LogP contribution in [-0.4, -0.2) is 34.8 Å². The SMILES string of the molecule is O=C(CN1C(=O)NC2(CCc3ccccc3C2)C1=O)Nc1ccc(F)c(F)c1. The Kier molecular flexibility index (Phi) is 4.33. The number of imide groups is 1. The van der Waals surface area contributed by atoms with Gasteiger partial charge in [-0.25, -0.2) is 13.6 Å². The lowest BCUT2D eigenvalue weighted by Crippen LogP contribution is -2.51. The third-order valence-electron chi connectivity index (χ3n) is 5.18. The summed E-state index contributed by atoms with van der Waals surface area (Å²) >= 11 is 0. The zero-order valence-electron chi connectivity index (χ0n) is 14.8. The van der Waals surface area contributed by atoms with Crippen LogP contribution >= 0.6 is 0 Å². The Morgan fingerprint density at radius 3 is 2.61 bits per heavy atom. The number of hydrogen-bond donors (Lipinski definition) is 2. The molecule has 8 heteroatoms. The van der Waals surface area contributed by atoms with E-state index in [0.717, 1.165) is 28.2 Å². The van der Waals surface area contributed by atoms with Gasteiger partial charge in [-0.15, -0.1) is 0 Å². The van der Waals surface area contributed by atoms with Crippen LogP contribution in [0.25, 0.3) is 0 Å². The molecule has 0 saturated carbocycles. The van der Waals surface area contributed by atoms with Crippen molar-refractivity contribution in [3.05, 3.63) is 65.2 Å². The molecule has 4 rings (SSSR count). The standard InChI is InChI=1S/C20H17F2N3O3/c21-15-6-5-14(9-16(15)22)23-17(26)11-25-18(27)20(24-19(25)28)8-7-12-3-1-2-4-13(12)10-20/h1-6,9H,7-8,10-11H2,(H,23,26)(H,24,28). The lowest BCUT2D eigenvalue weighted by molar-refractivity contribution is -0.134. The highest BCUT2D eigenvalue weighted by Gasteiger charge is 2.52.